The highest BCUT2D eigenvalue weighted by molar-refractivity contribution is 5.86. The second-order valence-electron chi connectivity index (χ2n) is 13.0. The number of phenolic OH excluding ortho intramolecular Hbond substituents is 2. The van der Waals surface area contributed by atoms with E-state index >= 15 is 0 Å². The molecule has 250 valence electrons. The summed E-state index contributed by atoms with van der Waals surface area (Å²) in [5, 5.41) is 23.3. The smallest absolute Gasteiger partial charge is 0.128 e. The van der Waals surface area contributed by atoms with E-state index in [-0.39, 0.29) is 23.3 Å². The summed E-state index contributed by atoms with van der Waals surface area (Å²) in [5.74, 6) is 0.489. The fourth-order valence-corrected chi connectivity index (χ4v) is 6.89. The number of aromatic hydroxyl groups is 2. The molecule has 0 fully saturated rings. The van der Waals surface area contributed by atoms with Crippen LogP contribution in [0, 0.1) is 13.8 Å². The van der Waals surface area contributed by atoms with E-state index in [1.807, 2.05) is 111 Å². The first-order valence-corrected chi connectivity index (χ1v) is 17.2. The van der Waals surface area contributed by atoms with Gasteiger partial charge in [0, 0.05) is 46.5 Å². The number of hydrogen-bond donors (Lipinski definition) is 2. The van der Waals surface area contributed by atoms with Crippen LogP contribution in [0.15, 0.2) is 156 Å². The Labute approximate surface area is 296 Å². The summed E-state index contributed by atoms with van der Waals surface area (Å²) in [4.78, 5) is 10.4. The third kappa shape index (κ3) is 7.45. The molecular formula is C46H44N2O2. The molecule has 0 heterocycles. The van der Waals surface area contributed by atoms with Crippen molar-refractivity contribution < 1.29 is 10.2 Å². The van der Waals surface area contributed by atoms with Crippen LogP contribution in [-0.2, 0) is 0 Å². The van der Waals surface area contributed by atoms with Gasteiger partial charge >= 0.3 is 0 Å². The normalized spacial score (nSPS) is 14.1. The Morgan fingerprint density at radius 2 is 0.720 bits per heavy atom. The molecule has 0 bridgehead atoms. The molecule has 4 atom stereocenters. The van der Waals surface area contributed by atoms with Gasteiger partial charge in [0.2, 0.25) is 0 Å². The molecule has 0 saturated heterocycles. The van der Waals surface area contributed by atoms with Crippen molar-refractivity contribution in [3.8, 4) is 11.5 Å². The topological polar surface area (TPSA) is 65.2 Å². The Balaban J connectivity index is 1.42. The van der Waals surface area contributed by atoms with Crippen LogP contribution in [0.3, 0.4) is 0 Å². The van der Waals surface area contributed by atoms with Crippen molar-refractivity contribution in [2.45, 2.75) is 51.6 Å². The first-order chi connectivity index (χ1) is 24.3. The average Bonchev–Trinajstić information content (AvgIpc) is 3.15. The van der Waals surface area contributed by atoms with E-state index in [2.05, 4.69) is 62.4 Å². The van der Waals surface area contributed by atoms with Gasteiger partial charge in [-0.25, -0.2) is 0 Å². The molecule has 6 aromatic rings. The van der Waals surface area contributed by atoms with Gasteiger partial charge in [-0.3, -0.25) is 9.98 Å². The zero-order valence-electron chi connectivity index (χ0n) is 29.1. The molecule has 0 amide bonds. The molecule has 4 nitrogen and oxygen atoms in total. The van der Waals surface area contributed by atoms with Crippen molar-refractivity contribution in [2.24, 2.45) is 9.98 Å². The Morgan fingerprint density at radius 1 is 0.420 bits per heavy atom. The highest BCUT2D eigenvalue weighted by atomic mass is 16.3. The third-order valence-corrected chi connectivity index (χ3v) is 9.73. The number of hydrogen-bond acceptors (Lipinski definition) is 4. The summed E-state index contributed by atoms with van der Waals surface area (Å²) in [5.41, 5.74) is 9.41. The molecule has 0 aromatic heterocycles. The van der Waals surface area contributed by atoms with Crippen LogP contribution in [0.5, 0.6) is 11.5 Å². The molecule has 2 N–H and O–H groups in total. The Bertz CT molecular complexity index is 1920. The van der Waals surface area contributed by atoms with Gasteiger partial charge in [0.05, 0.1) is 0 Å². The standard InChI is InChI=1S/C46H44N2O2/c1-31-25-27-39(45(49)41(31)33(3)35-17-9-5-10-18-35)29-47-43(37-21-13-7-14-22-37)44(38-23-15-8-16-24-38)48-30-40-28-26-32(2)42(46(40)50)34(4)36-19-11-6-12-20-36/h5-30,33-34,43-44,49-50H,1-4H3/t33-,34-,43-,44-/m1/s1. The summed E-state index contributed by atoms with van der Waals surface area (Å²) >= 11 is 0. The number of nitrogens with zero attached hydrogens (tertiary/aromatic N) is 2. The van der Waals surface area contributed by atoms with Crippen LogP contribution >= 0.6 is 0 Å². The first kappa shape index (κ1) is 34.1. The van der Waals surface area contributed by atoms with E-state index in [1.165, 1.54) is 0 Å². The van der Waals surface area contributed by atoms with Crippen LogP contribution in [0.4, 0.5) is 0 Å². The molecule has 50 heavy (non-hydrogen) atoms. The van der Waals surface area contributed by atoms with Gasteiger partial charge in [-0.1, -0.05) is 147 Å². The lowest BCUT2D eigenvalue weighted by atomic mass is 9.88. The van der Waals surface area contributed by atoms with Crippen molar-refractivity contribution in [1.82, 2.24) is 0 Å². The summed E-state index contributed by atoms with van der Waals surface area (Å²) in [7, 11) is 0. The van der Waals surface area contributed by atoms with E-state index in [0.717, 1.165) is 44.5 Å². The van der Waals surface area contributed by atoms with E-state index in [1.54, 1.807) is 12.4 Å². The van der Waals surface area contributed by atoms with Crippen LogP contribution < -0.4 is 0 Å². The molecule has 0 aliphatic rings. The molecule has 4 heteroatoms. The number of phenols is 2. The van der Waals surface area contributed by atoms with E-state index in [9.17, 15) is 10.2 Å². The minimum absolute atomic E-state index is 0.00724. The van der Waals surface area contributed by atoms with Gasteiger partial charge in [-0.15, -0.1) is 0 Å². The highest BCUT2D eigenvalue weighted by Gasteiger charge is 2.25. The molecule has 0 unspecified atom stereocenters. The Hall–Kier alpha value is -5.74. The molecule has 0 radical (unpaired) electrons. The van der Waals surface area contributed by atoms with Crippen molar-refractivity contribution in [1.29, 1.82) is 0 Å². The molecule has 0 aliphatic carbocycles. The van der Waals surface area contributed by atoms with Crippen LogP contribution in [0.1, 0.15) is 93.4 Å². The molecule has 0 saturated carbocycles. The molecule has 6 aromatic carbocycles. The third-order valence-electron chi connectivity index (χ3n) is 9.73. The zero-order valence-corrected chi connectivity index (χ0v) is 29.1. The van der Waals surface area contributed by atoms with E-state index < -0.39 is 12.1 Å². The summed E-state index contributed by atoms with van der Waals surface area (Å²) in [6.07, 6.45) is 3.56. The van der Waals surface area contributed by atoms with Gasteiger partial charge in [-0.2, -0.15) is 0 Å². The number of aliphatic imine (C=N–C) groups is 2. The molecule has 0 aliphatic heterocycles. The fourth-order valence-electron chi connectivity index (χ4n) is 6.89. The minimum Gasteiger partial charge on any atom is -0.507 e. The van der Waals surface area contributed by atoms with Gasteiger partial charge in [-0.05, 0) is 59.4 Å². The lowest BCUT2D eigenvalue weighted by molar-refractivity contribution is 0.463. The quantitative estimate of drug-likeness (QED) is 0.136. The maximum absolute atomic E-state index is 11.6. The SMILES string of the molecule is Cc1ccc(C=N[C@H](c2ccccc2)[C@H](N=Cc2ccc(C)c([C@H](C)c3ccccc3)c2O)c2ccccc2)c(O)c1[C@H](C)c1ccccc1. The summed E-state index contributed by atoms with van der Waals surface area (Å²) in [6, 6.07) is 47.9. The van der Waals surface area contributed by atoms with Crippen molar-refractivity contribution in [3.05, 3.63) is 201 Å². The maximum atomic E-state index is 11.6. The van der Waals surface area contributed by atoms with Crippen LogP contribution in [0.2, 0.25) is 0 Å². The summed E-state index contributed by atoms with van der Waals surface area (Å²) in [6.45, 7) is 8.32. The second kappa shape index (κ2) is 15.7. The van der Waals surface area contributed by atoms with Crippen molar-refractivity contribution >= 4 is 12.4 Å². The monoisotopic (exact) mass is 656 g/mol. The predicted molar refractivity (Wildman–Crippen MR) is 207 cm³/mol. The van der Waals surface area contributed by atoms with Crippen molar-refractivity contribution in [3.63, 3.8) is 0 Å². The minimum atomic E-state index is -0.416. The number of benzene rings is 6. The number of aryl methyl sites for hydroxylation is 2. The van der Waals surface area contributed by atoms with E-state index in [4.69, 9.17) is 9.98 Å². The van der Waals surface area contributed by atoms with Gasteiger partial charge < -0.3 is 10.2 Å². The second-order valence-corrected chi connectivity index (χ2v) is 13.0. The highest BCUT2D eigenvalue weighted by Crippen LogP contribution is 2.39. The van der Waals surface area contributed by atoms with Crippen molar-refractivity contribution in [2.75, 3.05) is 0 Å². The predicted octanol–water partition coefficient (Wildman–Crippen LogP) is 11.0. The molecule has 6 rings (SSSR count). The maximum Gasteiger partial charge on any atom is 0.128 e. The van der Waals surface area contributed by atoms with Crippen LogP contribution in [0.25, 0.3) is 0 Å². The number of rotatable bonds is 11. The van der Waals surface area contributed by atoms with Crippen LogP contribution in [-0.4, -0.2) is 22.6 Å². The lowest BCUT2D eigenvalue weighted by Crippen LogP contribution is -2.10. The summed E-state index contributed by atoms with van der Waals surface area (Å²) < 4.78 is 0. The first-order valence-electron chi connectivity index (χ1n) is 17.2. The lowest BCUT2D eigenvalue weighted by Gasteiger charge is -2.23. The molecular weight excluding hydrogens is 613 g/mol. The van der Waals surface area contributed by atoms with Gasteiger partial charge in [0.25, 0.3) is 0 Å². The Kier molecular flexibility index (Phi) is 10.7. The largest absolute Gasteiger partial charge is 0.507 e. The van der Waals surface area contributed by atoms with E-state index in [0.29, 0.717) is 11.1 Å². The van der Waals surface area contributed by atoms with Gasteiger partial charge in [0.15, 0.2) is 0 Å². The fraction of sp³-hybridized carbons (Fsp3) is 0.174. The molecule has 0 spiro atoms. The zero-order chi connectivity index (χ0) is 35.0. The average molecular weight is 657 g/mol. The van der Waals surface area contributed by atoms with Gasteiger partial charge in [0.1, 0.15) is 23.6 Å². The Morgan fingerprint density at radius 3 is 1.04 bits per heavy atom.